The number of hydrogen-bond donors (Lipinski definition) is 1. The van der Waals surface area contributed by atoms with Crippen molar-refractivity contribution in [1.29, 1.82) is 0 Å². The van der Waals surface area contributed by atoms with Crippen molar-refractivity contribution >= 4 is 11.8 Å². The van der Waals surface area contributed by atoms with Crippen molar-refractivity contribution < 1.29 is 9.90 Å². The van der Waals surface area contributed by atoms with E-state index in [1.54, 1.807) is 12.1 Å². The maximum atomic E-state index is 10.9. The summed E-state index contributed by atoms with van der Waals surface area (Å²) in [5.41, 5.74) is 2.95. The summed E-state index contributed by atoms with van der Waals surface area (Å²) in [5.74, 6) is -0.100. The highest BCUT2D eigenvalue weighted by molar-refractivity contribution is 5.87. The number of rotatable bonds is 2. The number of carboxylic acids is 1. The molecule has 4 heteroatoms. The highest BCUT2D eigenvalue weighted by Crippen LogP contribution is 2.22. The molecule has 0 saturated carbocycles. The first kappa shape index (κ1) is 12.7. The molecule has 2 heterocycles. The van der Waals surface area contributed by atoms with Crippen LogP contribution in [-0.2, 0) is 13.0 Å². The summed E-state index contributed by atoms with van der Waals surface area (Å²) in [7, 11) is 0. The summed E-state index contributed by atoms with van der Waals surface area (Å²) < 4.78 is 0. The second-order valence-electron chi connectivity index (χ2n) is 5.00. The Hall–Kier alpha value is -2.36. The highest BCUT2D eigenvalue weighted by Gasteiger charge is 2.15. The lowest BCUT2D eigenvalue weighted by Gasteiger charge is -2.22. The number of aromatic nitrogens is 1. The average molecular weight is 268 g/mol. The molecule has 0 fully saturated rings. The van der Waals surface area contributed by atoms with Gasteiger partial charge in [-0.1, -0.05) is 24.3 Å². The molecule has 4 nitrogen and oxygen atoms in total. The molecule has 3 rings (SSSR count). The molecule has 2 aromatic rings. The van der Waals surface area contributed by atoms with Gasteiger partial charge in [0, 0.05) is 19.3 Å². The number of benzene rings is 1. The molecule has 20 heavy (non-hydrogen) atoms. The van der Waals surface area contributed by atoms with Crippen LogP contribution in [0.25, 0.3) is 0 Å². The van der Waals surface area contributed by atoms with Crippen molar-refractivity contribution in [1.82, 2.24) is 4.98 Å². The second kappa shape index (κ2) is 5.33. The van der Waals surface area contributed by atoms with E-state index in [9.17, 15) is 4.79 Å². The van der Waals surface area contributed by atoms with Crippen molar-refractivity contribution in [3.05, 3.63) is 59.3 Å². The smallest absolute Gasteiger partial charge is 0.337 e. The molecule has 102 valence electrons. The van der Waals surface area contributed by atoms with Crippen LogP contribution in [0, 0.1) is 0 Å². The fraction of sp³-hybridized carbons (Fsp3) is 0.250. The molecule has 1 N–H and O–H groups in total. The Bertz CT molecular complexity index is 623. The summed E-state index contributed by atoms with van der Waals surface area (Å²) in [6.45, 7) is 1.77. The van der Waals surface area contributed by atoms with Crippen LogP contribution < -0.4 is 4.90 Å². The predicted molar refractivity (Wildman–Crippen MR) is 77.0 cm³/mol. The first-order valence-electron chi connectivity index (χ1n) is 6.75. The van der Waals surface area contributed by atoms with Crippen molar-refractivity contribution in [2.24, 2.45) is 0 Å². The van der Waals surface area contributed by atoms with E-state index in [1.807, 2.05) is 0 Å². The maximum absolute atomic E-state index is 10.9. The number of hydrogen-bond acceptors (Lipinski definition) is 3. The standard InChI is InChI=1S/C16H16N2O2/c19-16(20)13-7-8-15(17-10-13)18-9-3-6-12-4-1-2-5-14(12)11-18/h1-2,4-5,7-8,10H,3,6,9,11H2,(H,19,20). The van der Waals surface area contributed by atoms with Crippen LogP contribution in [0.5, 0.6) is 0 Å². The Morgan fingerprint density at radius 1 is 1.15 bits per heavy atom. The molecular weight excluding hydrogens is 252 g/mol. The van der Waals surface area contributed by atoms with Gasteiger partial charge in [-0.3, -0.25) is 0 Å². The van der Waals surface area contributed by atoms with Crippen LogP contribution in [-0.4, -0.2) is 22.6 Å². The minimum atomic E-state index is -0.940. The molecule has 1 aromatic heterocycles. The molecule has 0 spiro atoms. The van der Waals surface area contributed by atoms with Gasteiger partial charge in [-0.2, -0.15) is 0 Å². The normalized spacial score (nSPS) is 14.5. The first-order chi connectivity index (χ1) is 9.74. The number of anilines is 1. The monoisotopic (exact) mass is 268 g/mol. The van der Waals surface area contributed by atoms with Crippen molar-refractivity contribution in [3.63, 3.8) is 0 Å². The Morgan fingerprint density at radius 2 is 1.95 bits per heavy atom. The third kappa shape index (κ3) is 2.50. The maximum Gasteiger partial charge on any atom is 0.337 e. The largest absolute Gasteiger partial charge is 0.478 e. The van der Waals surface area contributed by atoms with Gasteiger partial charge in [0.2, 0.25) is 0 Å². The molecule has 0 unspecified atom stereocenters. The second-order valence-corrected chi connectivity index (χ2v) is 5.00. The van der Waals surface area contributed by atoms with Crippen molar-refractivity contribution in [3.8, 4) is 0 Å². The van der Waals surface area contributed by atoms with Gasteiger partial charge in [-0.25, -0.2) is 9.78 Å². The molecule has 1 aromatic carbocycles. The third-order valence-electron chi connectivity index (χ3n) is 3.67. The van der Waals surface area contributed by atoms with E-state index in [0.717, 1.165) is 31.7 Å². The zero-order chi connectivity index (χ0) is 13.9. The SMILES string of the molecule is O=C(O)c1ccc(N2CCCc3ccccc3C2)nc1. The zero-order valence-corrected chi connectivity index (χ0v) is 11.1. The van der Waals surface area contributed by atoms with Crippen LogP contribution >= 0.6 is 0 Å². The van der Waals surface area contributed by atoms with E-state index in [0.29, 0.717) is 0 Å². The summed E-state index contributed by atoms with van der Waals surface area (Å²) in [5, 5.41) is 8.91. The van der Waals surface area contributed by atoms with E-state index in [2.05, 4.69) is 34.1 Å². The predicted octanol–water partition coefficient (Wildman–Crippen LogP) is 2.73. The Labute approximate surface area is 117 Å². The topological polar surface area (TPSA) is 53.4 Å². The molecule has 1 aliphatic heterocycles. The molecule has 0 saturated heterocycles. The van der Waals surface area contributed by atoms with E-state index in [-0.39, 0.29) is 5.56 Å². The number of carboxylic acid groups (broad SMARTS) is 1. The quantitative estimate of drug-likeness (QED) is 0.910. The van der Waals surface area contributed by atoms with Crippen LogP contribution in [0.3, 0.4) is 0 Å². The summed E-state index contributed by atoms with van der Waals surface area (Å²) in [4.78, 5) is 17.3. The Morgan fingerprint density at radius 3 is 2.65 bits per heavy atom. The summed E-state index contributed by atoms with van der Waals surface area (Å²) in [6.07, 6.45) is 3.59. The molecule has 0 amide bonds. The first-order valence-corrected chi connectivity index (χ1v) is 6.75. The molecular formula is C16H16N2O2. The number of nitrogens with zero attached hydrogens (tertiary/aromatic N) is 2. The molecule has 0 radical (unpaired) electrons. The number of aromatic carboxylic acids is 1. The van der Waals surface area contributed by atoms with E-state index in [4.69, 9.17) is 5.11 Å². The van der Waals surface area contributed by atoms with Crippen molar-refractivity contribution in [2.75, 3.05) is 11.4 Å². The molecule has 0 bridgehead atoms. The van der Waals surface area contributed by atoms with Gasteiger partial charge in [0.05, 0.1) is 5.56 Å². The van der Waals surface area contributed by atoms with E-state index in [1.165, 1.54) is 17.3 Å². The minimum Gasteiger partial charge on any atom is -0.478 e. The molecule has 0 aliphatic carbocycles. The lowest BCUT2D eigenvalue weighted by atomic mass is 10.0. The van der Waals surface area contributed by atoms with Gasteiger partial charge in [0.15, 0.2) is 0 Å². The van der Waals surface area contributed by atoms with E-state index >= 15 is 0 Å². The molecule has 1 aliphatic rings. The van der Waals surface area contributed by atoms with Gasteiger partial charge >= 0.3 is 5.97 Å². The van der Waals surface area contributed by atoms with Gasteiger partial charge in [0.25, 0.3) is 0 Å². The van der Waals surface area contributed by atoms with E-state index < -0.39 is 5.97 Å². The van der Waals surface area contributed by atoms with Crippen LogP contribution in [0.15, 0.2) is 42.6 Å². The minimum absolute atomic E-state index is 0.226. The fourth-order valence-electron chi connectivity index (χ4n) is 2.60. The van der Waals surface area contributed by atoms with Gasteiger partial charge in [0.1, 0.15) is 5.82 Å². The number of aryl methyl sites for hydroxylation is 1. The van der Waals surface area contributed by atoms with Gasteiger partial charge in [-0.15, -0.1) is 0 Å². The van der Waals surface area contributed by atoms with Crippen molar-refractivity contribution in [2.45, 2.75) is 19.4 Å². The molecule has 0 atom stereocenters. The summed E-state index contributed by atoms with van der Waals surface area (Å²) in [6, 6.07) is 11.9. The van der Waals surface area contributed by atoms with Crippen LogP contribution in [0.2, 0.25) is 0 Å². The zero-order valence-electron chi connectivity index (χ0n) is 11.1. The Kier molecular flexibility index (Phi) is 3.37. The Balaban J connectivity index is 1.85. The van der Waals surface area contributed by atoms with Crippen LogP contribution in [0.4, 0.5) is 5.82 Å². The summed E-state index contributed by atoms with van der Waals surface area (Å²) >= 11 is 0. The van der Waals surface area contributed by atoms with Crippen LogP contribution in [0.1, 0.15) is 27.9 Å². The highest BCUT2D eigenvalue weighted by atomic mass is 16.4. The lowest BCUT2D eigenvalue weighted by Crippen LogP contribution is -2.23. The average Bonchev–Trinajstić information content (AvgIpc) is 2.69. The number of pyridine rings is 1. The fourth-order valence-corrected chi connectivity index (χ4v) is 2.60. The third-order valence-corrected chi connectivity index (χ3v) is 3.67. The number of carbonyl (C=O) groups is 1. The number of fused-ring (bicyclic) bond motifs is 1. The van der Waals surface area contributed by atoms with Gasteiger partial charge in [-0.05, 0) is 36.1 Å². The lowest BCUT2D eigenvalue weighted by molar-refractivity contribution is 0.0696. The van der Waals surface area contributed by atoms with Gasteiger partial charge < -0.3 is 10.0 Å².